The molecule has 80 valence electrons. The number of hydrogen-bond acceptors (Lipinski definition) is 2. The second-order valence-electron chi connectivity index (χ2n) is 3.97. The molecule has 1 aromatic carbocycles. The summed E-state index contributed by atoms with van der Waals surface area (Å²) in [7, 11) is 2.63. The van der Waals surface area contributed by atoms with Crippen LogP contribution >= 0.6 is 8.19 Å². The van der Waals surface area contributed by atoms with Gasteiger partial charge in [-0.05, 0) is 19.1 Å². The summed E-state index contributed by atoms with van der Waals surface area (Å²) in [6, 6.07) is 6.41. The van der Waals surface area contributed by atoms with Gasteiger partial charge < -0.3 is 4.57 Å². The van der Waals surface area contributed by atoms with E-state index in [0.717, 1.165) is 16.8 Å². The topological polar surface area (TPSA) is 30.7 Å². The highest BCUT2D eigenvalue weighted by molar-refractivity contribution is 7.40. The average molecular weight is 229 g/mol. The fraction of sp³-hybridized carbons (Fsp3) is 0.167. The van der Waals surface area contributed by atoms with E-state index in [1.165, 1.54) is 10.7 Å². The Balaban J connectivity index is 2.23. The first-order valence-corrected chi connectivity index (χ1v) is 6.18. The fourth-order valence-corrected chi connectivity index (χ4v) is 3.17. The predicted octanol–water partition coefficient (Wildman–Crippen LogP) is 2.98. The summed E-state index contributed by atoms with van der Waals surface area (Å²) < 4.78 is 2.02. The van der Waals surface area contributed by atoms with Crippen molar-refractivity contribution in [3.05, 3.63) is 36.2 Å². The van der Waals surface area contributed by atoms with E-state index in [1.807, 2.05) is 24.0 Å². The first-order valence-electron chi connectivity index (χ1n) is 5.18. The molecule has 0 aliphatic carbocycles. The highest BCUT2D eigenvalue weighted by Crippen LogP contribution is 2.33. The number of aryl methyl sites for hydroxylation is 2. The zero-order chi connectivity index (χ0) is 11.1. The van der Waals surface area contributed by atoms with Crippen molar-refractivity contribution in [2.75, 3.05) is 0 Å². The molecule has 0 amide bonds. The third kappa shape index (κ3) is 1.44. The van der Waals surface area contributed by atoms with Crippen LogP contribution in [0.25, 0.3) is 21.9 Å². The van der Waals surface area contributed by atoms with Crippen molar-refractivity contribution in [2.24, 2.45) is 7.05 Å². The Bertz CT molecular complexity index is 651. The summed E-state index contributed by atoms with van der Waals surface area (Å²) in [6.45, 7) is 2.11. The van der Waals surface area contributed by atoms with Gasteiger partial charge in [0.1, 0.15) is 5.43 Å². The van der Waals surface area contributed by atoms with Crippen LogP contribution in [-0.4, -0.2) is 14.5 Å². The summed E-state index contributed by atoms with van der Waals surface area (Å²) >= 11 is 0. The van der Waals surface area contributed by atoms with Crippen LogP contribution < -0.4 is 0 Å². The van der Waals surface area contributed by atoms with Gasteiger partial charge in [0.2, 0.25) is 0 Å². The lowest BCUT2D eigenvalue weighted by Crippen LogP contribution is -1.89. The van der Waals surface area contributed by atoms with Gasteiger partial charge in [0.25, 0.3) is 0 Å². The van der Waals surface area contributed by atoms with Crippen LogP contribution in [0.5, 0.6) is 0 Å². The summed E-state index contributed by atoms with van der Waals surface area (Å²) in [6.07, 6.45) is 3.77. The third-order valence-electron chi connectivity index (χ3n) is 2.67. The lowest BCUT2D eigenvalue weighted by molar-refractivity contribution is 0.923. The molecule has 1 unspecified atom stereocenters. The zero-order valence-electron chi connectivity index (χ0n) is 9.23. The molecule has 2 heterocycles. The Labute approximate surface area is 95.2 Å². The molecule has 1 atom stereocenters. The quantitative estimate of drug-likeness (QED) is 0.642. The van der Waals surface area contributed by atoms with Crippen LogP contribution in [0, 0.1) is 6.92 Å². The summed E-state index contributed by atoms with van der Waals surface area (Å²) in [4.78, 5) is 8.98. The summed E-state index contributed by atoms with van der Waals surface area (Å²) in [5.74, 6) is 0.979. The fourth-order valence-electron chi connectivity index (χ4n) is 1.82. The van der Waals surface area contributed by atoms with Gasteiger partial charge in [-0.2, -0.15) is 0 Å². The maximum absolute atomic E-state index is 4.64. The Morgan fingerprint density at radius 3 is 2.94 bits per heavy atom. The molecule has 16 heavy (non-hydrogen) atoms. The van der Waals surface area contributed by atoms with E-state index in [1.54, 1.807) is 0 Å². The minimum atomic E-state index is 0.625. The van der Waals surface area contributed by atoms with E-state index >= 15 is 0 Å². The molecule has 0 spiro atoms. The van der Waals surface area contributed by atoms with Gasteiger partial charge in [-0.15, -0.1) is 0 Å². The molecular weight excluding hydrogens is 217 g/mol. The largest absolute Gasteiger partial charge is 0.332 e. The molecule has 3 rings (SSSR count). The standard InChI is InChI=1S/C12H12N3P/c1-8-3-4-9-10(7-8)16-12(14-9)11-13-5-6-15(11)2/h3-7,16H,1-2H3. The molecule has 0 aliphatic heterocycles. The number of rotatable bonds is 1. The number of imidazole rings is 1. The van der Waals surface area contributed by atoms with Crippen molar-refractivity contribution in [1.29, 1.82) is 0 Å². The van der Waals surface area contributed by atoms with Gasteiger partial charge in [0.15, 0.2) is 5.82 Å². The second-order valence-corrected chi connectivity index (χ2v) is 5.23. The molecule has 4 heteroatoms. The normalized spacial score (nSPS) is 11.6. The first-order chi connectivity index (χ1) is 7.74. The molecule has 3 nitrogen and oxygen atoms in total. The third-order valence-corrected chi connectivity index (χ3v) is 3.91. The molecule has 3 aromatic rings. The Morgan fingerprint density at radius 1 is 1.31 bits per heavy atom. The van der Waals surface area contributed by atoms with Crippen molar-refractivity contribution < 1.29 is 0 Å². The van der Waals surface area contributed by atoms with Crippen molar-refractivity contribution in [2.45, 2.75) is 6.92 Å². The predicted molar refractivity (Wildman–Crippen MR) is 68.2 cm³/mol. The Morgan fingerprint density at radius 2 is 2.19 bits per heavy atom. The average Bonchev–Trinajstić information content (AvgIpc) is 2.82. The maximum Gasteiger partial charge on any atom is 0.162 e. The lowest BCUT2D eigenvalue weighted by atomic mass is 10.2. The van der Waals surface area contributed by atoms with Gasteiger partial charge in [-0.3, -0.25) is 0 Å². The van der Waals surface area contributed by atoms with Crippen molar-refractivity contribution in [1.82, 2.24) is 14.5 Å². The lowest BCUT2D eigenvalue weighted by Gasteiger charge is -1.95. The van der Waals surface area contributed by atoms with Crippen LogP contribution in [0.2, 0.25) is 0 Å². The van der Waals surface area contributed by atoms with E-state index in [2.05, 4.69) is 35.1 Å². The Kier molecular flexibility index (Phi) is 2.08. The molecule has 0 bridgehead atoms. The number of benzene rings is 1. The highest BCUT2D eigenvalue weighted by Gasteiger charge is 2.08. The van der Waals surface area contributed by atoms with Crippen LogP contribution in [0.4, 0.5) is 0 Å². The van der Waals surface area contributed by atoms with Crippen LogP contribution in [-0.2, 0) is 7.05 Å². The molecule has 2 aromatic heterocycles. The second kappa shape index (κ2) is 3.46. The molecule has 0 saturated carbocycles. The molecule has 0 aliphatic rings. The van der Waals surface area contributed by atoms with Crippen molar-refractivity contribution in [3.63, 3.8) is 0 Å². The van der Waals surface area contributed by atoms with Gasteiger partial charge in [0.05, 0.1) is 5.52 Å². The zero-order valence-corrected chi connectivity index (χ0v) is 10.2. The summed E-state index contributed by atoms with van der Waals surface area (Å²) in [5, 5.41) is 1.33. The van der Waals surface area contributed by atoms with Gasteiger partial charge >= 0.3 is 0 Å². The molecule has 0 fully saturated rings. The van der Waals surface area contributed by atoms with E-state index in [4.69, 9.17) is 0 Å². The number of hydrogen-bond donors (Lipinski definition) is 0. The molecular formula is C12H12N3P. The van der Waals surface area contributed by atoms with Gasteiger partial charge in [-0.25, -0.2) is 9.97 Å². The van der Waals surface area contributed by atoms with E-state index in [0.29, 0.717) is 8.19 Å². The van der Waals surface area contributed by atoms with E-state index in [-0.39, 0.29) is 0 Å². The maximum atomic E-state index is 4.64. The summed E-state index contributed by atoms with van der Waals surface area (Å²) in [5.41, 5.74) is 3.48. The van der Waals surface area contributed by atoms with E-state index < -0.39 is 0 Å². The molecule has 0 saturated heterocycles. The van der Waals surface area contributed by atoms with Crippen molar-refractivity contribution >= 4 is 18.8 Å². The van der Waals surface area contributed by atoms with Crippen LogP contribution in [0.1, 0.15) is 5.56 Å². The number of fused-ring (bicyclic) bond motifs is 1. The van der Waals surface area contributed by atoms with Gasteiger partial charge in [-0.1, -0.05) is 19.8 Å². The molecule has 0 radical (unpaired) electrons. The first kappa shape index (κ1) is 9.61. The van der Waals surface area contributed by atoms with Crippen LogP contribution in [0.3, 0.4) is 0 Å². The van der Waals surface area contributed by atoms with Crippen molar-refractivity contribution in [3.8, 4) is 11.3 Å². The van der Waals surface area contributed by atoms with Gasteiger partial charge in [0, 0.05) is 24.6 Å². The monoisotopic (exact) mass is 229 g/mol. The minimum Gasteiger partial charge on any atom is -0.332 e. The highest BCUT2D eigenvalue weighted by atomic mass is 31.0. The van der Waals surface area contributed by atoms with E-state index in [9.17, 15) is 0 Å². The Hall–Kier alpha value is -1.60. The molecule has 0 N–H and O–H groups in total. The number of aromatic nitrogens is 3. The van der Waals surface area contributed by atoms with Crippen LogP contribution in [0.15, 0.2) is 30.6 Å². The minimum absolute atomic E-state index is 0.625. The number of nitrogens with zero attached hydrogens (tertiary/aromatic N) is 3. The smallest absolute Gasteiger partial charge is 0.162 e. The SMILES string of the molecule is Cc1ccc2nc(-c3nccn3C)[pH]c2c1.